The molecule has 0 unspecified atom stereocenters. The Kier molecular flexibility index (Phi) is 3.74. The van der Waals surface area contributed by atoms with Gasteiger partial charge in [0, 0.05) is 5.39 Å². The summed E-state index contributed by atoms with van der Waals surface area (Å²) < 4.78 is 6.77. The average Bonchev–Trinajstić information content (AvgIpc) is 3.05. The third kappa shape index (κ3) is 2.76. The third-order valence-electron chi connectivity index (χ3n) is 3.40. The van der Waals surface area contributed by atoms with Crippen LogP contribution in [0.25, 0.3) is 10.9 Å². The van der Waals surface area contributed by atoms with Gasteiger partial charge in [0.2, 0.25) is 11.3 Å². The van der Waals surface area contributed by atoms with Crippen molar-refractivity contribution >= 4 is 16.8 Å². The van der Waals surface area contributed by atoms with E-state index in [1.807, 2.05) is 13.0 Å². The number of benzene rings is 1. The van der Waals surface area contributed by atoms with E-state index in [9.17, 15) is 9.59 Å². The molecule has 0 aliphatic carbocycles. The van der Waals surface area contributed by atoms with E-state index < -0.39 is 0 Å². The Morgan fingerprint density at radius 1 is 1.32 bits per heavy atom. The van der Waals surface area contributed by atoms with Gasteiger partial charge in [0.1, 0.15) is 12.3 Å². The minimum Gasteiger partial charge on any atom is -0.467 e. The first-order valence-corrected chi connectivity index (χ1v) is 6.93. The molecule has 0 saturated carbocycles. The number of nitrogens with zero attached hydrogens (tertiary/aromatic N) is 2. The molecule has 0 bridgehead atoms. The molecule has 0 aliphatic heterocycles. The second-order valence-electron chi connectivity index (χ2n) is 4.99. The van der Waals surface area contributed by atoms with Gasteiger partial charge in [0.25, 0.3) is 0 Å². The monoisotopic (exact) mass is 297 g/mol. The van der Waals surface area contributed by atoms with Gasteiger partial charge in [0.15, 0.2) is 0 Å². The highest BCUT2D eigenvalue weighted by atomic mass is 16.3. The van der Waals surface area contributed by atoms with E-state index in [0.29, 0.717) is 16.7 Å². The van der Waals surface area contributed by atoms with Gasteiger partial charge in [-0.05, 0) is 31.2 Å². The van der Waals surface area contributed by atoms with Gasteiger partial charge in [-0.25, -0.2) is 0 Å². The maximum atomic E-state index is 12.2. The summed E-state index contributed by atoms with van der Waals surface area (Å²) in [5.74, 6) is 0.483. The quantitative estimate of drug-likeness (QED) is 0.797. The van der Waals surface area contributed by atoms with E-state index in [1.165, 1.54) is 10.9 Å². The summed E-state index contributed by atoms with van der Waals surface area (Å²) >= 11 is 0. The largest absolute Gasteiger partial charge is 0.467 e. The van der Waals surface area contributed by atoms with Gasteiger partial charge < -0.3 is 9.73 Å². The Balaban J connectivity index is 1.80. The molecular weight excluding hydrogens is 282 g/mol. The first-order valence-electron chi connectivity index (χ1n) is 6.93. The molecule has 3 aromatic rings. The number of carbonyl (C=O) groups is 1. The lowest BCUT2D eigenvalue weighted by molar-refractivity contribution is -0.122. The van der Waals surface area contributed by atoms with E-state index in [0.717, 1.165) is 0 Å². The number of hydrogen-bond donors (Lipinski definition) is 1. The number of hydrogen-bond acceptors (Lipinski definition) is 4. The van der Waals surface area contributed by atoms with Crippen LogP contribution in [0.1, 0.15) is 18.7 Å². The van der Waals surface area contributed by atoms with Crippen molar-refractivity contribution in [2.75, 3.05) is 0 Å². The minimum atomic E-state index is -0.229. The topological polar surface area (TPSA) is 77.1 Å². The maximum Gasteiger partial charge on any atom is 0.242 e. The maximum absolute atomic E-state index is 12.2. The van der Waals surface area contributed by atoms with Crippen molar-refractivity contribution in [3.05, 3.63) is 64.8 Å². The van der Waals surface area contributed by atoms with E-state index in [4.69, 9.17) is 4.42 Å². The standard InChI is InChI=1S/C16H15N3O3/c1-11(15-7-4-8-22-15)18-16(21)10-19-13-6-3-2-5-12(13)14(20)9-17-19/h2-9,11H,10H2,1H3,(H,18,21)/t11-/m0/s1. The molecule has 1 aromatic carbocycles. The number of para-hydroxylation sites is 1. The predicted octanol–water partition coefficient (Wildman–Crippen LogP) is 1.87. The minimum absolute atomic E-state index is 0.0336. The fourth-order valence-electron chi connectivity index (χ4n) is 2.32. The van der Waals surface area contributed by atoms with Crippen LogP contribution < -0.4 is 10.7 Å². The van der Waals surface area contributed by atoms with Crippen molar-refractivity contribution in [1.29, 1.82) is 0 Å². The molecule has 0 saturated heterocycles. The molecule has 0 fully saturated rings. The molecule has 2 aromatic heterocycles. The molecule has 6 heteroatoms. The summed E-state index contributed by atoms with van der Waals surface area (Å²) in [5, 5.41) is 7.42. The average molecular weight is 297 g/mol. The molecule has 112 valence electrons. The van der Waals surface area contributed by atoms with E-state index in [1.54, 1.807) is 36.6 Å². The molecule has 1 amide bonds. The SMILES string of the molecule is C[C@H](NC(=O)Cn1ncc(=O)c2ccccc21)c1ccco1. The summed E-state index contributed by atoms with van der Waals surface area (Å²) in [6, 6.07) is 10.4. The van der Waals surface area contributed by atoms with Crippen molar-refractivity contribution in [2.24, 2.45) is 0 Å². The molecule has 0 spiro atoms. The Labute approximate surface area is 126 Å². The third-order valence-corrected chi connectivity index (χ3v) is 3.40. The summed E-state index contributed by atoms with van der Waals surface area (Å²) in [4.78, 5) is 23.9. The molecule has 0 radical (unpaired) electrons. The zero-order valence-corrected chi connectivity index (χ0v) is 12.0. The summed E-state index contributed by atoms with van der Waals surface area (Å²) in [7, 11) is 0. The van der Waals surface area contributed by atoms with Gasteiger partial charge in [-0.2, -0.15) is 5.10 Å². The van der Waals surface area contributed by atoms with E-state index in [2.05, 4.69) is 10.4 Å². The smallest absolute Gasteiger partial charge is 0.242 e. The van der Waals surface area contributed by atoms with Crippen LogP contribution in [0, 0.1) is 0 Å². The second-order valence-corrected chi connectivity index (χ2v) is 4.99. The Morgan fingerprint density at radius 2 is 2.14 bits per heavy atom. The summed E-state index contributed by atoms with van der Waals surface area (Å²) in [6.07, 6.45) is 2.79. The Morgan fingerprint density at radius 3 is 2.91 bits per heavy atom. The number of amides is 1. The first-order chi connectivity index (χ1) is 10.6. The van der Waals surface area contributed by atoms with Gasteiger partial charge in [-0.1, -0.05) is 12.1 Å². The van der Waals surface area contributed by atoms with Gasteiger partial charge in [-0.3, -0.25) is 14.3 Å². The van der Waals surface area contributed by atoms with Crippen molar-refractivity contribution in [1.82, 2.24) is 15.1 Å². The highest BCUT2D eigenvalue weighted by molar-refractivity contribution is 5.81. The van der Waals surface area contributed by atoms with E-state index in [-0.39, 0.29) is 23.9 Å². The van der Waals surface area contributed by atoms with Gasteiger partial charge in [-0.15, -0.1) is 0 Å². The Hall–Kier alpha value is -2.89. The molecule has 0 aliphatic rings. The molecule has 6 nitrogen and oxygen atoms in total. The van der Waals surface area contributed by atoms with Gasteiger partial charge >= 0.3 is 0 Å². The number of fused-ring (bicyclic) bond motifs is 1. The van der Waals surface area contributed by atoms with Crippen molar-refractivity contribution in [3.63, 3.8) is 0 Å². The first kappa shape index (κ1) is 14.1. The van der Waals surface area contributed by atoms with Crippen LogP contribution in [0.2, 0.25) is 0 Å². The number of rotatable bonds is 4. The van der Waals surface area contributed by atoms with Crippen LogP contribution in [0.3, 0.4) is 0 Å². The highest BCUT2D eigenvalue weighted by Gasteiger charge is 2.13. The summed E-state index contributed by atoms with van der Waals surface area (Å²) in [6.45, 7) is 1.87. The van der Waals surface area contributed by atoms with Crippen LogP contribution in [-0.2, 0) is 11.3 Å². The van der Waals surface area contributed by atoms with Crippen LogP contribution in [-0.4, -0.2) is 15.7 Å². The van der Waals surface area contributed by atoms with Crippen molar-refractivity contribution in [3.8, 4) is 0 Å². The molecule has 1 atom stereocenters. The predicted molar refractivity (Wildman–Crippen MR) is 81.3 cm³/mol. The number of carbonyl (C=O) groups excluding carboxylic acids is 1. The van der Waals surface area contributed by atoms with Crippen LogP contribution >= 0.6 is 0 Å². The summed E-state index contributed by atoms with van der Waals surface area (Å²) in [5.41, 5.74) is 0.479. The lowest BCUT2D eigenvalue weighted by Gasteiger charge is -2.13. The van der Waals surface area contributed by atoms with Crippen molar-refractivity contribution in [2.45, 2.75) is 19.5 Å². The second kappa shape index (κ2) is 5.85. The lowest BCUT2D eigenvalue weighted by atomic mass is 10.2. The van der Waals surface area contributed by atoms with E-state index >= 15 is 0 Å². The zero-order chi connectivity index (χ0) is 15.5. The number of nitrogens with one attached hydrogen (secondary N) is 1. The van der Waals surface area contributed by atoms with Gasteiger partial charge in [0.05, 0.1) is 24.0 Å². The molecule has 1 N–H and O–H groups in total. The zero-order valence-electron chi connectivity index (χ0n) is 12.0. The molecule has 2 heterocycles. The number of aromatic nitrogens is 2. The molecule has 22 heavy (non-hydrogen) atoms. The van der Waals surface area contributed by atoms with Crippen LogP contribution in [0.5, 0.6) is 0 Å². The van der Waals surface area contributed by atoms with Crippen LogP contribution in [0.4, 0.5) is 0 Å². The fraction of sp³-hybridized carbons (Fsp3) is 0.188. The lowest BCUT2D eigenvalue weighted by Crippen LogP contribution is -2.31. The Bertz CT molecular complexity index is 852. The van der Waals surface area contributed by atoms with Crippen LogP contribution in [0.15, 0.2) is 58.1 Å². The molecule has 3 rings (SSSR count). The van der Waals surface area contributed by atoms with Crippen molar-refractivity contribution < 1.29 is 9.21 Å². The highest BCUT2D eigenvalue weighted by Crippen LogP contribution is 2.12. The molecular formula is C16H15N3O3. The fourth-order valence-corrected chi connectivity index (χ4v) is 2.32. The number of furan rings is 1. The normalized spacial score (nSPS) is 12.2.